The Hall–Kier alpha value is -0.0800. The van der Waals surface area contributed by atoms with Crippen molar-refractivity contribution in [3.05, 3.63) is 0 Å². The van der Waals surface area contributed by atoms with Crippen LogP contribution in [0.5, 0.6) is 0 Å². The first-order valence-corrected chi connectivity index (χ1v) is 9.28. The van der Waals surface area contributed by atoms with Gasteiger partial charge in [0.2, 0.25) is 0 Å². The van der Waals surface area contributed by atoms with Crippen molar-refractivity contribution < 1.29 is 4.74 Å². The lowest BCUT2D eigenvalue weighted by Crippen LogP contribution is -2.48. The molecule has 3 unspecified atom stereocenters. The maximum Gasteiger partial charge on any atom is 0.0810 e. The highest BCUT2D eigenvalue weighted by molar-refractivity contribution is 4.91. The molecule has 0 amide bonds. The van der Waals surface area contributed by atoms with Crippen LogP contribution >= 0.6 is 0 Å². The first-order chi connectivity index (χ1) is 9.96. The van der Waals surface area contributed by atoms with E-state index < -0.39 is 0 Å². The first-order valence-electron chi connectivity index (χ1n) is 9.28. The van der Waals surface area contributed by atoms with Gasteiger partial charge in [-0.1, -0.05) is 27.7 Å². The molecule has 2 rings (SSSR count). The molecule has 0 aromatic heterocycles. The van der Waals surface area contributed by atoms with E-state index in [1.54, 1.807) is 0 Å². The van der Waals surface area contributed by atoms with Gasteiger partial charge in [-0.15, -0.1) is 0 Å². The highest BCUT2D eigenvalue weighted by Crippen LogP contribution is 2.41. The van der Waals surface area contributed by atoms with Gasteiger partial charge in [-0.25, -0.2) is 0 Å². The molecule has 3 atom stereocenters. The van der Waals surface area contributed by atoms with Crippen LogP contribution in [0.1, 0.15) is 72.6 Å². The first kappa shape index (κ1) is 17.3. The molecule has 0 radical (unpaired) electrons. The third-order valence-electron chi connectivity index (χ3n) is 6.35. The van der Waals surface area contributed by atoms with Crippen LogP contribution in [-0.4, -0.2) is 25.3 Å². The van der Waals surface area contributed by atoms with Gasteiger partial charge in [0.1, 0.15) is 0 Å². The Morgan fingerprint density at radius 1 is 1.05 bits per heavy atom. The molecular weight excluding hydrogens is 258 g/mol. The zero-order valence-electron chi connectivity index (χ0n) is 15.0. The molecule has 2 aliphatic carbocycles. The van der Waals surface area contributed by atoms with Gasteiger partial charge in [0, 0.05) is 6.54 Å². The van der Waals surface area contributed by atoms with E-state index in [1.165, 1.54) is 44.9 Å². The fourth-order valence-corrected chi connectivity index (χ4v) is 4.45. The highest BCUT2D eigenvalue weighted by Gasteiger charge is 2.39. The standard InChI is InChI=1S/C19H37NO/c1-14(2)17-8-10-19(11-9-17,13-20-5)21-18-7-6-15(3)16(4)12-18/h14-18,20H,6-13H2,1-5H3. The molecule has 0 heterocycles. The lowest BCUT2D eigenvalue weighted by atomic mass is 9.73. The predicted octanol–water partition coefficient (Wildman–Crippen LogP) is 4.63. The number of ether oxygens (including phenoxy) is 1. The Balaban J connectivity index is 1.93. The monoisotopic (exact) mass is 295 g/mol. The van der Waals surface area contributed by atoms with Crippen LogP contribution in [0.3, 0.4) is 0 Å². The van der Waals surface area contributed by atoms with Crippen molar-refractivity contribution in [3.8, 4) is 0 Å². The average Bonchev–Trinajstić information content (AvgIpc) is 2.44. The van der Waals surface area contributed by atoms with Crippen molar-refractivity contribution in [2.45, 2.75) is 84.3 Å². The van der Waals surface area contributed by atoms with E-state index in [2.05, 4.69) is 40.1 Å². The zero-order valence-corrected chi connectivity index (χ0v) is 15.0. The maximum absolute atomic E-state index is 6.74. The summed E-state index contributed by atoms with van der Waals surface area (Å²) in [6, 6.07) is 0. The van der Waals surface area contributed by atoms with Gasteiger partial charge in [0.15, 0.2) is 0 Å². The molecular formula is C19H37NO. The molecule has 2 nitrogen and oxygen atoms in total. The molecule has 0 saturated heterocycles. The van der Waals surface area contributed by atoms with Crippen LogP contribution in [0.15, 0.2) is 0 Å². The van der Waals surface area contributed by atoms with Crippen LogP contribution in [-0.2, 0) is 4.74 Å². The molecule has 2 saturated carbocycles. The van der Waals surface area contributed by atoms with Gasteiger partial charge in [-0.05, 0) is 75.7 Å². The van der Waals surface area contributed by atoms with E-state index in [-0.39, 0.29) is 5.60 Å². The van der Waals surface area contributed by atoms with E-state index >= 15 is 0 Å². The Kier molecular flexibility index (Phi) is 6.14. The Morgan fingerprint density at radius 2 is 1.71 bits per heavy atom. The molecule has 0 spiro atoms. The number of hydrogen-bond donors (Lipinski definition) is 1. The molecule has 0 aromatic carbocycles. The summed E-state index contributed by atoms with van der Waals surface area (Å²) in [7, 11) is 2.07. The van der Waals surface area contributed by atoms with Crippen molar-refractivity contribution in [2.24, 2.45) is 23.7 Å². The maximum atomic E-state index is 6.74. The summed E-state index contributed by atoms with van der Waals surface area (Å²) < 4.78 is 6.74. The van der Waals surface area contributed by atoms with Gasteiger partial charge >= 0.3 is 0 Å². The minimum absolute atomic E-state index is 0.116. The molecule has 0 aliphatic heterocycles. The Morgan fingerprint density at radius 3 is 2.24 bits per heavy atom. The summed E-state index contributed by atoms with van der Waals surface area (Å²) in [5.74, 6) is 3.43. The number of nitrogens with one attached hydrogen (secondary N) is 1. The lowest BCUT2D eigenvalue weighted by molar-refractivity contribution is -0.136. The second kappa shape index (κ2) is 7.46. The fourth-order valence-electron chi connectivity index (χ4n) is 4.45. The van der Waals surface area contributed by atoms with Crippen molar-refractivity contribution in [3.63, 3.8) is 0 Å². The Labute approximate surface area is 132 Å². The summed E-state index contributed by atoms with van der Waals surface area (Å²) in [4.78, 5) is 0. The predicted molar refractivity (Wildman–Crippen MR) is 90.5 cm³/mol. The number of hydrogen-bond acceptors (Lipinski definition) is 2. The average molecular weight is 296 g/mol. The van der Waals surface area contributed by atoms with Crippen LogP contribution < -0.4 is 5.32 Å². The topological polar surface area (TPSA) is 21.3 Å². The van der Waals surface area contributed by atoms with Gasteiger partial charge in [-0.3, -0.25) is 0 Å². The minimum Gasteiger partial charge on any atom is -0.370 e. The van der Waals surface area contributed by atoms with Crippen LogP contribution in [0, 0.1) is 23.7 Å². The van der Waals surface area contributed by atoms with Crippen molar-refractivity contribution in [1.82, 2.24) is 5.32 Å². The lowest BCUT2D eigenvalue weighted by Gasteiger charge is -2.45. The SMILES string of the molecule is CNCC1(OC2CCC(C)C(C)C2)CCC(C(C)C)CC1. The largest absolute Gasteiger partial charge is 0.370 e. The molecule has 2 aliphatic rings. The third kappa shape index (κ3) is 4.45. The van der Waals surface area contributed by atoms with E-state index in [9.17, 15) is 0 Å². The van der Waals surface area contributed by atoms with Gasteiger partial charge in [0.05, 0.1) is 11.7 Å². The van der Waals surface area contributed by atoms with Gasteiger partial charge < -0.3 is 10.1 Å². The molecule has 2 fully saturated rings. The van der Waals surface area contributed by atoms with Crippen molar-refractivity contribution in [2.75, 3.05) is 13.6 Å². The third-order valence-corrected chi connectivity index (χ3v) is 6.35. The summed E-state index contributed by atoms with van der Waals surface area (Å²) >= 11 is 0. The molecule has 1 N–H and O–H groups in total. The number of likely N-dealkylation sites (N-methyl/N-ethyl adjacent to an activating group) is 1. The molecule has 21 heavy (non-hydrogen) atoms. The fraction of sp³-hybridized carbons (Fsp3) is 1.00. The summed E-state index contributed by atoms with van der Waals surface area (Å²) in [6.45, 7) is 10.6. The molecule has 0 bridgehead atoms. The minimum atomic E-state index is 0.116. The second-order valence-corrected chi connectivity index (χ2v) is 8.30. The van der Waals surface area contributed by atoms with Crippen molar-refractivity contribution in [1.29, 1.82) is 0 Å². The highest BCUT2D eigenvalue weighted by atomic mass is 16.5. The van der Waals surface area contributed by atoms with Crippen LogP contribution in [0.4, 0.5) is 0 Å². The molecule has 2 heteroatoms. The smallest absolute Gasteiger partial charge is 0.0810 e. The number of rotatable bonds is 5. The molecule has 124 valence electrons. The van der Waals surface area contributed by atoms with E-state index in [0.717, 1.165) is 30.2 Å². The normalized spacial score (nSPS) is 41.4. The van der Waals surface area contributed by atoms with Crippen LogP contribution in [0.25, 0.3) is 0 Å². The van der Waals surface area contributed by atoms with E-state index in [1.807, 2.05) is 0 Å². The zero-order chi connectivity index (χ0) is 15.5. The summed E-state index contributed by atoms with van der Waals surface area (Å²) in [6.07, 6.45) is 9.56. The van der Waals surface area contributed by atoms with Crippen LogP contribution in [0.2, 0.25) is 0 Å². The second-order valence-electron chi connectivity index (χ2n) is 8.30. The van der Waals surface area contributed by atoms with E-state index in [4.69, 9.17) is 4.74 Å². The Bertz CT molecular complexity index is 307. The summed E-state index contributed by atoms with van der Waals surface area (Å²) in [5.41, 5.74) is 0.116. The van der Waals surface area contributed by atoms with Crippen molar-refractivity contribution >= 4 is 0 Å². The van der Waals surface area contributed by atoms with E-state index in [0.29, 0.717) is 6.10 Å². The van der Waals surface area contributed by atoms with Gasteiger partial charge in [0.25, 0.3) is 0 Å². The quantitative estimate of drug-likeness (QED) is 0.798. The summed E-state index contributed by atoms with van der Waals surface area (Å²) in [5, 5.41) is 3.41. The van der Waals surface area contributed by atoms with Gasteiger partial charge in [-0.2, -0.15) is 0 Å². The molecule has 0 aromatic rings.